The topological polar surface area (TPSA) is 28.1 Å². The summed E-state index contributed by atoms with van der Waals surface area (Å²) in [5.41, 5.74) is 0.272. The van der Waals surface area contributed by atoms with Gasteiger partial charge in [0.2, 0.25) is 5.69 Å². The number of nitrogens with zero attached hydrogens (tertiary/aromatic N) is 2. The summed E-state index contributed by atoms with van der Waals surface area (Å²) in [5.74, 6) is -0.492. The summed E-state index contributed by atoms with van der Waals surface area (Å²) < 4.78 is 12.4. The number of hydrogen-bond acceptors (Lipinski definition) is 1. The molecule has 11 heavy (non-hydrogen) atoms. The molecule has 0 saturated carbocycles. The molecule has 0 atom stereocenters. The average molecular weight is 146 g/mol. The summed E-state index contributed by atoms with van der Waals surface area (Å²) in [5, 5.41) is 8.41. The normalized spacial score (nSPS) is 8.27. The molecule has 0 amide bonds. The Labute approximate surface area is 63.3 Å². The lowest BCUT2D eigenvalue weighted by atomic mass is 10.2. The Balaban J connectivity index is 3.34. The molecule has 0 aliphatic rings. The fourth-order valence-electron chi connectivity index (χ4n) is 0.695. The van der Waals surface area contributed by atoms with Crippen LogP contribution < -0.4 is 0 Å². The summed E-state index contributed by atoms with van der Waals surface area (Å²) in [6, 6.07) is 5.24. The molecule has 0 N–H and O–H groups in total. The highest BCUT2D eigenvalue weighted by Crippen LogP contribution is 2.18. The monoisotopic (exact) mass is 146 g/mol. The van der Waals surface area contributed by atoms with Crippen molar-refractivity contribution in [3.05, 3.63) is 41.0 Å². The highest BCUT2D eigenvalue weighted by Gasteiger charge is 2.01. The predicted octanol–water partition coefficient (Wildman–Crippen LogP) is 2.25. The minimum atomic E-state index is -0.492. The summed E-state index contributed by atoms with van der Waals surface area (Å²) in [6.45, 7) is 6.61. The van der Waals surface area contributed by atoms with Crippen LogP contribution in [0.5, 0.6) is 0 Å². The molecule has 0 spiro atoms. The van der Waals surface area contributed by atoms with Crippen LogP contribution in [0.25, 0.3) is 4.85 Å². The molecule has 52 valence electrons. The largest absolute Gasteiger partial charge is 0.237 e. The van der Waals surface area contributed by atoms with E-state index in [1.807, 2.05) is 0 Å². The maximum absolute atomic E-state index is 12.4. The van der Waals surface area contributed by atoms with Crippen LogP contribution in [0.3, 0.4) is 0 Å². The van der Waals surface area contributed by atoms with Crippen LogP contribution in [0.4, 0.5) is 10.1 Å². The van der Waals surface area contributed by atoms with Gasteiger partial charge in [-0.1, -0.05) is 6.07 Å². The van der Waals surface area contributed by atoms with Crippen molar-refractivity contribution in [3.63, 3.8) is 0 Å². The van der Waals surface area contributed by atoms with Gasteiger partial charge in [-0.25, -0.2) is 9.24 Å². The van der Waals surface area contributed by atoms with E-state index in [-0.39, 0.29) is 11.3 Å². The van der Waals surface area contributed by atoms with Gasteiger partial charge in [0.1, 0.15) is 5.82 Å². The van der Waals surface area contributed by atoms with Gasteiger partial charge in [-0.15, -0.1) is 0 Å². The first-order chi connectivity index (χ1) is 5.27. The Kier molecular flexibility index (Phi) is 1.85. The molecule has 0 bridgehead atoms. The molecule has 0 fully saturated rings. The van der Waals surface area contributed by atoms with Crippen LogP contribution >= 0.6 is 0 Å². The average Bonchev–Trinajstić information content (AvgIpc) is 2.04. The third-order valence-electron chi connectivity index (χ3n) is 1.20. The van der Waals surface area contributed by atoms with Crippen LogP contribution in [0.2, 0.25) is 0 Å². The van der Waals surface area contributed by atoms with Crippen LogP contribution in [0.15, 0.2) is 18.2 Å². The van der Waals surface area contributed by atoms with E-state index in [9.17, 15) is 4.39 Å². The molecular weight excluding hydrogens is 143 g/mol. The van der Waals surface area contributed by atoms with E-state index >= 15 is 0 Å². The Hall–Kier alpha value is -1.87. The van der Waals surface area contributed by atoms with Gasteiger partial charge in [0.05, 0.1) is 18.2 Å². The molecule has 0 aromatic heterocycles. The van der Waals surface area contributed by atoms with Gasteiger partial charge in [-0.05, 0) is 12.1 Å². The summed E-state index contributed by atoms with van der Waals surface area (Å²) >= 11 is 0. The zero-order chi connectivity index (χ0) is 8.27. The molecule has 0 unspecified atom stereocenters. The predicted molar refractivity (Wildman–Crippen MR) is 37.4 cm³/mol. The molecule has 1 aromatic carbocycles. The second-order valence-electron chi connectivity index (χ2n) is 1.89. The highest BCUT2D eigenvalue weighted by atomic mass is 19.1. The van der Waals surface area contributed by atoms with E-state index in [0.717, 1.165) is 12.1 Å². The third-order valence-corrected chi connectivity index (χ3v) is 1.20. The van der Waals surface area contributed by atoms with Gasteiger partial charge in [-0.2, -0.15) is 5.26 Å². The van der Waals surface area contributed by atoms with Crippen molar-refractivity contribution in [3.8, 4) is 6.07 Å². The van der Waals surface area contributed by atoms with Crippen molar-refractivity contribution in [2.45, 2.75) is 0 Å². The summed E-state index contributed by atoms with van der Waals surface area (Å²) in [7, 11) is 0. The second kappa shape index (κ2) is 2.81. The molecule has 0 saturated heterocycles. The number of benzene rings is 1. The maximum Gasteiger partial charge on any atom is 0.204 e. The van der Waals surface area contributed by atoms with E-state index in [1.165, 1.54) is 6.07 Å². The molecule has 0 heterocycles. The van der Waals surface area contributed by atoms with Crippen LogP contribution in [-0.2, 0) is 0 Å². The Bertz CT molecular complexity index is 357. The maximum atomic E-state index is 12.4. The van der Waals surface area contributed by atoms with E-state index in [0.29, 0.717) is 0 Å². The molecule has 0 aliphatic heterocycles. The zero-order valence-corrected chi connectivity index (χ0v) is 5.50. The van der Waals surface area contributed by atoms with Crippen LogP contribution in [0.1, 0.15) is 5.56 Å². The molecule has 1 rings (SSSR count). The quantitative estimate of drug-likeness (QED) is 0.516. The molecular formula is C8H3FN2. The first-order valence-corrected chi connectivity index (χ1v) is 2.85. The lowest BCUT2D eigenvalue weighted by Gasteiger charge is -1.91. The smallest absolute Gasteiger partial charge is 0.204 e. The molecule has 0 radical (unpaired) electrons. The fourth-order valence-corrected chi connectivity index (χ4v) is 0.695. The number of hydrogen-bond donors (Lipinski definition) is 0. The number of rotatable bonds is 0. The first kappa shape index (κ1) is 7.24. The SMILES string of the molecule is [C-]#[N+]c1ccc(F)cc1C#N. The zero-order valence-electron chi connectivity index (χ0n) is 5.50. The summed E-state index contributed by atoms with van der Waals surface area (Å²) in [6.07, 6.45) is 0. The van der Waals surface area contributed by atoms with Crippen molar-refractivity contribution in [2.24, 2.45) is 0 Å². The lowest BCUT2D eigenvalue weighted by molar-refractivity contribution is 0.627. The Morgan fingerprint density at radius 2 is 2.27 bits per heavy atom. The molecule has 2 nitrogen and oxygen atoms in total. The van der Waals surface area contributed by atoms with E-state index in [1.54, 1.807) is 6.07 Å². The Morgan fingerprint density at radius 3 is 2.82 bits per heavy atom. The van der Waals surface area contributed by atoms with Gasteiger partial charge < -0.3 is 0 Å². The van der Waals surface area contributed by atoms with Crippen LogP contribution in [-0.4, -0.2) is 0 Å². The van der Waals surface area contributed by atoms with Crippen molar-refractivity contribution < 1.29 is 4.39 Å². The van der Waals surface area contributed by atoms with Crippen molar-refractivity contribution in [1.82, 2.24) is 0 Å². The lowest BCUT2D eigenvalue weighted by Crippen LogP contribution is -1.77. The minimum absolute atomic E-state index is 0.0833. The van der Waals surface area contributed by atoms with Gasteiger partial charge in [-0.3, -0.25) is 0 Å². The van der Waals surface area contributed by atoms with Gasteiger partial charge >= 0.3 is 0 Å². The molecule has 3 heteroatoms. The van der Waals surface area contributed by atoms with Crippen molar-refractivity contribution >= 4 is 5.69 Å². The second-order valence-corrected chi connectivity index (χ2v) is 1.89. The summed E-state index contributed by atoms with van der Waals surface area (Å²) in [4.78, 5) is 3.04. The van der Waals surface area contributed by atoms with Gasteiger partial charge in [0.15, 0.2) is 0 Å². The fraction of sp³-hybridized carbons (Fsp3) is 0. The van der Waals surface area contributed by atoms with E-state index < -0.39 is 5.82 Å². The van der Waals surface area contributed by atoms with Crippen molar-refractivity contribution in [1.29, 1.82) is 5.26 Å². The highest BCUT2D eigenvalue weighted by molar-refractivity contribution is 5.58. The number of nitriles is 1. The van der Waals surface area contributed by atoms with E-state index in [2.05, 4.69) is 4.85 Å². The number of halogens is 1. The third kappa shape index (κ3) is 1.33. The van der Waals surface area contributed by atoms with Gasteiger partial charge in [0, 0.05) is 0 Å². The minimum Gasteiger partial charge on any atom is -0.237 e. The van der Waals surface area contributed by atoms with Gasteiger partial charge in [0.25, 0.3) is 0 Å². The first-order valence-electron chi connectivity index (χ1n) is 2.85. The van der Waals surface area contributed by atoms with Crippen molar-refractivity contribution in [2.75, 3.05) is 0 Å². The molecule has 0 aliphatic carbocycles. The van der Waals surface area contributed by atoms with E-state index in [4.69, 9.17) is 11.8 Å². The standard InChI is InChI=1S/C8H3FN2/c1-11-8-3-2-7(9)4-6(8)5-10/h2-4H. The Morgan fingerprint density at radius 1 is 1.55 bits per heavy atom. The van der Waals surface area contributed by atoms with Crippen LogP contribution in [0, 0.1) is 23.7 Å². The molecule has 1 aromatic rings.